The number of likely N-dealkylation sites (tertiary alicyclic amines) is 1. The molecule has 0 aliphatic carbocycles. The van der Waals surface area contributed by atoms with Crippen LogP contribution in [-0.2, 0) is 0 Å². The first kappa shape index (κ1) is 17.1. The summed E-state index contributed by atoms with van der Waals surface area (Å²) >= 11 is 0. The van der Waals surface area contributed by atoms with Crippen molar-refractivity contribution in [3.05, 3.63) is 53.9 Å². The van der Waals surface area contributed by atoms with Crippen LogP contribution in [0.2, 0.25) is 0 Å². The van der Waals surface area contributed by atoms with Crippen LogP contribution in [-0.4, -0.2) is 54.1 Å². The zero-order valence-corrected chi connectivity index (χ0v) is 16.0. The minimum absolute atomic E-state index is 0.101. The quantitative estimate of drug-likeness (QED) is 0.745. The van der Waals surface area contributed by atoms with E-state index in [1.165, 1.54) is 5.56 Å². The molecule has 1 N–H and O–H groups in total. The van der Waals surface area contributed by atoms with Gasteiger partial charge in [-0.3, -0.25) is 4.79 Å². The number of anilines is 1. The van der Waals surface area contributed by atoms with Crippen LogP contribution < -0.4 is 9.64 Å². The van der Waals surface area contributed by atoms with Crippen LogP contribution in [0.4, 0.5) is 5.69 Å². The molecule has 0 bridgehead atoms. The van der Waals surface area contributed by atoms with Gasteiger partial charge in [-0.1, -0.05) is 0 Å². The molecule has 4 heterocycles. The highest BCUT2D eigenvalue weighted by Crippen LogP contribution is 2.34. The third-order valence-corrected chi connectivity index (χ3v) is 5.93. The molecule has 3 aromatic rings. The molecule has 1 aromatic carbocycles. The number of carbonyl (C=O) groups excluding carboxylic acids is 1. The van der Waals surface area contributed by atoms with Gasteiger partial charge >= 0.3 is 0 Å². The largest absolute Gasteiger partial charge is 0.490 e. The van der Waals surface area contributed by atoms with E-state index in [2.05, 4.69) is 27.1 Å². The SMILES string of the molecule is CN1CCOc2ccc(C(=O)N3CCCC(c4c[nH]c5ncccc45)C3)cc21. The van der Waals surface area contributed by atoms with E-state index in [4.69, 9.17) is 4.74 Å². The van der Waals surface area contributed by atoms with E-state index in [1.807, 2.05) is 36.2 Å². The lowest BCUT2D eigenvalue weighted by Crippen LogP contribution is -2.39. The molecular formula is C22H24N4O2. The van der Waals surface area contributed by atoms with Gasteiger partial charge in [0.05, 0.1) is 12.2 Å². The Bertz CT molecular complexity index is 1030. The van der Waals surface area contributed by atoms with E-state index < -0.39 is 0 Å². The van der Waals surface area contributed by atoms with Crippen molar-refractivity contribution in [3.8, 4) is 5.75 Å². The van der Waals surface area contributed by atoms with Crippen molar-refractivity contribution < 1.29 is 9.53 Å². The summed E-state index contributed by atoms with van der Waals surface area (Å²) in [6.07, 6.45) is 5.96. The Morgan fingerprint density at radius 1 is 1.29 bits per heavy atom. The Morgan fingerprint density at radius 3 is 3.14 bits per heavy atom. The Hall–Kier alpha value is -3.02. The van der Waals surface area contributed by atoms with Crippen molar-refractivity contribution in [3.63, 3.8) is 0 Å². The number of nitrogens with zero attached hydrogens (tertiary/aromatic N) is 3. The predicted octanol–water partition coefficient (Wildman–Crippen LogP) is 3.41. The van der Waals surface area contributed by atoms with Crippen molar-refractivity contribution in [1.29, 1.82) is 0 Å². The van der Waals surface area contributed by atoms with Crippen LogP contribution in [0.15, 0.2) is 42.7 Å². The van der Waals surface area contributed by atoms with Gasteiger partial charge in [-0.15, -0.1) is 0 Å². The van der Waals surface area contributed by atoms with Gasteiger partial charge in [0.2, 0.25) is 0 Å². The number of fused-ring (bicyclic) bond motifs is 2. The second-order valence-corrected chi connectivity index (χ2v) is 7.69. The highest BCUT2D eigenvalue weighted by Gasteiger charge is 2.28. The van der Waals surface area contributed by atoms with Crippen LogP contribution in [0.3, 0.4) is 0 Å². The number of nitrogens with one attached hydrogen (secondary N) is 1. The van der Waals surface area contributed by atoms with E-state index in [9.17, 15) is 4.79 Å². The standard InChI is InChI=1S/C22H24N4O2/c1-25-10-11-28-20-7-6-15(12-19(20)25)22(27)26-9-3-4-16(14-26)18-13-24-21-17(18)5-2-8-23-21/h2,5-8,12-13,16H,3-4,9-11,14H2,1H3,(H,23,24). The van der Waals surface area contributed by atoms with Gasteiger partial charge in [0.25, 0.3) is 5.91 Å². The number of benzene rings is 1. The number of likely N-dealkylation sites (N-methyl/N-ethyl adjacent to an activating group) is 1. The monoisotopic (exact) mass is 376 g/mol. The number of rotatable bonds is 2. The molecule has 1 saturated heterocycles. The van der Waals surface area contributed by atoms with Crippen LogP contribution in [0.1, 0.15) is 34.7 Å². The van der Waals surface area contributed by atoms with Gasteiger partial charge in [-0.25, -0.2) is 4.98 Å². The molecule has 6 nitrogen and oxygen atoms in total. The molecule has 1 unspecified atom stereocenters. The molecule has 28 heavy (non-hydrogen) atoms. The lowest BCUT2D eigenvalue weighted by Gasteiger charge is -2.33. The summed E-state index contributed by atoms with van der Waals surface area (Å²) in [5.41, 5.74) is 3.91. The molecule has 0 radical (unpaired) electrons. The number of ether oxygens (including phenoxy) is 1. The highest BCUT2D eigenvalue weighted by atomic mass is 16.5. The Kier molecular flexibility index (Phi) is 4.19. The van der Waals surface area contributed by atoms with Gasteiger partial charge in [-0.2, -0.15) is 0 Å². The average Bonchev–Trinajstić information content (AvgIpc) is 3.18. The van der Waals surface area contributed by atoms with Crippen LogP contribution in [0, 0.1) is 0 Å². The molecule has 6 heteroatoms. The van der Waals surface area contributed by atoms with E-state index in [1.54, 1.807) is 6.20 Å². The molecule has 2 aliphatic heterocycles. The molecule has 144 valence electrons. The minimum atomic E-state index is 0.101. The topological polar surface area (TPSA) is 61.5 Å². The average molecular weight is 376 g/mol. The van der Waals surface area contributed by atoms with Gasteiger partial charge in [0.1, 0.15) is 18.0 Å². The van der Waals surface area contributed by atoms with Crippen molar-refractivity contribution in [2.45, 2.75) is 18.8 Å². The number of aromatic nitrogens is 2. The number of pyridine rings is 1. The van der Waals surface area contributed by atoms with Crippen molar-refractivity contribution >= 4 is 22.6 Å². The molecule has 2 aliphatic rings. The summed E-state index contributed by atoms with van der Waals surface area (Å²) in [4.78, 5) is 25.0. The van der Waals surface area contributed by atoms with Crippen LogP contribution >= 0.6 is 0 Å². The van der Waals surface area contributed by atoms with Crippen LogP contribution in [0.5, 0.6) is 5.75 Å². The third kappa shape index (κ3) is 2.89. The van der Waals surface area contributed by atoms with Crippen molar-refractivity contribution in [1.82, 2.24) is 14.9 Å². The normalized spacial score (nSPS) is 19.4. The Morgan fingerprint density at radius 2 is 2.21 bits per heavy atom. The number of aromatic amines is 1. The summed E-state index contributed by atoms with van der Waals surface area (Å²) in [5.74, 6) is 1.29. The zero-order valence-electron chi connectivity index (χ0n) is 16.0. The first-order chi connectivity index (χ1) is 13.7. The second kappa shape index (κ2) is 6.86. The number of H-pyrrole nitrogens is 1. The molecule has 0 saturated carbocycles. The molecular weight excluding hydrogens is 352 g/mol. The molecule has 5 rings (SSSR count). The molecule has 0 spiro atoms. The summed E-state index contributed by atoms with van der Waals surface area (Å²) in [7, 11) is 2.04. The van der Waals surface area contributed by atoms with Crippen molar-refractivity contribution in [2.75, 3.05) is 38.2 Å². The molecule has 1 fully saturated rings. The predicted molar refractivity (Wildman–Crippen MR) is 109 cm³/mol. The van der Waals surface area contributed by atoms with E-state index in [-0.39, 0.29) is 5.91 Å². The maximum atomic E-state index is 13.2. The van der Waals surface area contributed by atoms with E-state index in [0.29, 0.717) is 12.5 Å². The number of hydrogen-bond acceptors (Lipinski definition) is 4. The Balaban J connectivity index is 1.39. The number of carbonyl (C=O) groups is 1. The summed E-state index contributed by atoms with van der Waals surface area (Å²) in [6.45, 7) is 3.07. The first-order valence-electron chi connectivity index (χ1n) is 9.90. The van der Waals surface area contributed by atoms with Gasteiger partial charge in [-0.05, 0) is 48.7 Å². The maximum absolute atomic E-state index is 13.2. The Labute approximate surface area is 164 Å². The first-order valence-corrected chi connectivity index (χ1v) is 9.90. The molecule has 2 aromatic heterocycles. The highest BCUT2D eigenvalue weighted by molar-refractivity contribution is 5.96. The van der Waals surface area contributed by atoms with Crippen LogP contribution in [0.25, 0.3) is 11.0 Å². The fraction of sp³-hybridized carbons (Fsp3) is 0.364. The number of piperidine rings is 1. The summed E-state index contributed by atoms with van der Waals surface area (Å²) in [5, 5.41) is 1.16. The maximum Gasteiger partial charge on any atom is 0.253 e. The summed E-state index contributed by atoms with van der Waals surface area (Å²) in [6, 6.07) is 9.85. The third-order valence-electron chi connectivity index (χ3n) is 5.93. The zero-order chi connectivity index (χ0) is 19.1. The number of amides is 1. The fourth-order valence-corrected chi connectivity index (χ4v) is 4.40. The molecule has 1 atom stereocenters. The van der Waals surface area contributed by atoms with E-state index >= 15 is 0 Å². The lowest BCUT2D eigenvalue weighted by molar-refractivity contribution is 0.0707. The van der Waals surface area contributed by atoms with E-state index in [0.717, 1.165) is 60.5 Å². The summed E-state index contributed by atoms with van der Waals surface area (Å²) < 4.78 is 5.71. The fourth-order valence-electron chi connectivity index (χ4n) is 4.40. The van der Waals surface area contributed by atoms with Crippen molar-refractivity contribution in [2.24, 2.45) is 0 Å². The van der Waals surface area contributed by atoms with Gasteiger partial charge in [0, 0.05) is 49.4 Å². The molecule has 1 amide bonds. The number of hydrogen-bond donors (Lipinski definition) is 1. The van der Waals surface area contributed by atoms with Gasteiger partial charge in [0.15, 0.2) is 0 Å². The minimum Gasteiger partial charge on any atom is -0.490 e. The second-order valence-electron chi connectivity index (χ2n) is 7.69. The lowest BCUT2D eigenvalue weighted by atomic mass is 9.90. The smallest absolute Gasteiger partial charge is 0.253 e. The van der Waals surface area contributed by atoms with Gasteiger partial charge < -0.3 is 19.5 Å².